The van der Waals surface area contributed by atoms with Gasteiger partial charge >= 0.3 is 0 Å². The summed E-state index contributed by atoms with van der Waals surface area (Å²) in [7, 11) is 0. The van der Waals surface area contributed by atoms with Gasteiger partial charge in [-0.1, -0.05) is 37.8 Å². The standard InChI is InChI=1S/C27H33N7/c1-4-20-12-29-27-25(26(20)33-11-7-10-23(28)17-33)24(14-30-27)32-19(3)22-13-31-34(16-22)15-21-9-6-5-8-18(21)2/h5-6,8-9,12-14,16,23,32H,3-4,7,10-11,15,17,28H2,1-2H3,(H,29,30). The fraction of sp³-hybridized carbons (Fsp3) is 0.333. The predicted octanol–water partition coefficient (Wildman–Crippen LogP) is 4.69. The van der Waals surface area contributed by atoms with Crippen LogP contribution in [0.4, 0.5) is 11.4 Å². The Kier molecular flexibility index (Phi) is 6.11. The summed E-state index contributed by atoms with van der Waals surface area (Å²) >= 11 is 0. The molecule has 0 radical (unpaired) electrons. The molecule has 0 aliphatic carbocycles. The Morgan fingerprint density at radius 2 is 2.12 bits per heavy atom. The number of rotatable bonds is 7. The Hall–Kier alpha value is -3.58. The van der Waals surface area contributed by atoms with Gasteiger partial charge in [0.25, 0.3) is 0 Å². The normalized spacial score (nSPS) is 16.2. The van der Waals surface area contributed by atoms with E-state index in [4.69, 9.17) is 5.73 Å². The molecule has 0 amide bonds. The van der Waals surface area contributed by atoms with Gasteiger partial charge in [0.15, 0.2) is 0 Å². The van der Waals surface area contributed by atoms with Crippen molar-refractivity contribution in [1.82, 2.24) is 19.7 Å². The molecule has 0 bridgehead atoms. The fourth-order valence-corrected chi connectivity index (χ4v) is 4.85. The third kappa shape index (κ3) is 4.31. The SMILES string of the molecule is C=C(Nc1c[nH]c2ncc(CC)c(N3CCCC(N)C3)c12)c1cnn(Cc2ccccc2C)c1. The number of hydrogen-bond acceptors (Lipinski definition) is 5. The molecule has 4 aromatic rings. The molecule has 1 atom stereocenters. The van der Waals surface area contributed by atoms with E-state index in [1.165, 1.54) is 22.4 Å². The minimum atomic E-state index is 0.200. The van der Waals surface area contributed by atoms with E-state index in [0.717, 1.165) is 66.9 Å². The molecule has 0 spiro atoms. The van der Waals surface area contributed by atoms with Gasteiger partial charge in [0.05, 0.1) is 29.5 Å². The van der Waals surface area contributed by atoms with Crippen LogP contribution in [0, 0.1) is 6.92 Å². The van der Waals surface area contributed by atoms with Crippen molar-refractivity contribution < 1.29 is 0 Å². The molecule has 3 aromatic heterocycles. The number of aromatic nitrogens is 4. The van der Waals surface area contributed by atoms with Crippen LogP contribution in [0.2, 0.25) is 0 Å². The van der Waals surface area contributed by atoms with E-state index in [-0.39, 0.29) is 6.04 Å². The first-order valence-electron chi connectivity index (χ1n) is 12.1. The number of nitrogens with one attached hydrogen (secondary N) is 2. The number of pyridine rings is 1. The van der Waals surface area contributed by atoms with Crippen LogP contribution < -0.4 is 16.0 Å². The maximum Gasteiger partial charge on any atom is 0.141 e. The van der Waals surface area contributed by atoms with Gasteiger partial charge in [-0.3, -0.25) is 4.68 Å². The van der Waals surface area contributed by atoms with Crippen LogP contribution in [0.1, 0.15) is 42.0 Å². The molecule has 1 aromatic carbocycles. The van der Waals surface area contributed by atoms with E-state index < -0.39 is 0 Å². The van der Waals surface area contributed by atoms with Gasteiger partial charge in [-0.2, -0.15) is 5.10 Å². The summed E-state index contributed by atoms with van der Waals surface area (Å²) < 4.78 is 1.96. The maximum atomic E-state index is 6.33. The highest BCUT2D eigenvalue weighted by atomic mass is 15.3. The van der Waals surface area contributed by atoms with Gasteiger partial charge in [-0.05, 0) is 42.9 Å². The number of H-pyrrole nitrogens is 1. The summed E-state index contributed by atoms with van der Waals surface area (Å²) in [5.74, 6) is 0. The van der Waals surface area contributed by atoms with Crippen molar-refractivity contribution in [2.45, 2.75) is 45.7 Å². The van der Waals surface area contributed by atoms with Crippen molar-refractivity contribution in [3.63, 3.8) is 0 Å². The summed E-state index contributed by atoms with van der Waals surface area (Å²) in [6.45, 7) is 11.2. The van der Waals surface area contributed by atoms with Crippen LogP contribution in [0.3, 0.4) is 0 Å². The molecule has 176 valence electrons. The number of aromatic amines is 1. The van der Waals surface area contributed by atoms with Crippen LogP contribution in [0.25, 0.3) is 16.7 Å². The van der Waals surface area contributed by atoms with Crippen molar-refractivity contribution in [2.75, 3.05) is 23.3 Å². The predicted molar refractivity (Wildman–Crippen MR) is 140 cm³/mol. The highest BCUT2D eigenvalue weighted by Gasteiger charge is 2.23. The fourth-order valence-electron chi connectivity index (χ4n) is 4.85. The van der Waals surface area contributed by atoms with Crippen molar-refractivity contribution in [3.05, 3.63) is 77.9 Å². The van der Waals surface area contributed by atoms with E-state index >= 15 is 0 Å². The number of benzene rings is 1. The first-order chi connectivity index (χ1) is 16.5. The molecule has 7 nitrogen and oxygen atoms in total. The Bertz CT molecular complexity index is 1320. The van der Waals surface area contributed by atoms with E-state index in [1.807, 2.05) is 29.5 Å². The second kappa shape index (κ2) is 9.35. The summed E-state index contributed by atoms with van der Waals surface area (Å²) in [6.07, 6.45) is 11.0. The molecule has 34 heavy (non-hydrogen) atoms. The van der Waals surface area contributed by atoms with E-state index in [9.17, 15) is 0 Å². The van der Waals surface area contributed by atoms with Crippen molar-refractivity contribution in [2.24, 2.45) is 5.73 Å². The molecule has 5 rings (SSSR count). The summed E-state index contributed by atoms with van der Waals surface area (Å²) in [4.78, 5) is 10.5. The van der Waals surface area contributed by atoms with E-state index in [2.05, 4.69) is 70.0 Å². The summed E-state index contributed by atoms with van der Waals surface area (Å²) in [5.41, 5.74) is 14.9. The first kappa shape index (κ1) is 22.2. The van der Waals surface area contributed by atoms with Crippen molar-refractivity contribution in [3.8, 4) is 0 Å². The largest absolute Gasteiger partial charge is 0.369 e. The molecule has 1 unspecified atom stereocenters. The zero-order chi connectivity index (χ0) is 23.7. The second-order valence-corrected chi connectivity index (χ2v) is 9.22. The summed E-state index contributed by atoms with van der Waals surface area (Å²) in [6, 6.07) is 8.59. The van der Waals surface area contributed by atoms with Gasteiger partial charge < -0.3 is 20.9 Å². The quantitative estimate of drug-likeness (QED) is 0.376. The van der Waals surface area contributed by atoms with Gasteiger partial charge in [0, 0.05) is 49.0 Å². The van der Waals surface area contributed by atoms with Crippen LogP contribution >= 0.6 is 0 Å². The lowest BCUT2D eigenvalue weighted by Crippen LogP contribution is -2.43. The highest BCUT2D eigenvalue weighted by molar-refractivity contribution is 6.04. The molecular formula is C27H33N7. The Morgan fingerprint density at radius 3 is 2.91 bits per heavy atom. The van der Waals surface area contributed by atoms with Crippen LogP contribution in [0.5, 0.6) is 0 Å². The van der Waals surface area contributed by atoms with Gasteiger partial charge in [-0.15, -0.1) is 0 Å². The highest BCUT2D eigenvalue weighted by Crippen LogP contribution is 2.37. The van der Waals surface area contributed by atoms with E-state index in [1.54, 1.807) is 0 Å². The second-order valence-electron chi connectivity index (χ2n) is 9.22. The third-order valence-electron chi connectivity index (χ3n) is 6.77. The van der Waals surface area contributed by atoms with Crippen LogP contribution in [-0.2, 0) is 13.0 Å². The Morgan fingerprint density at radius 1 is 1.26 bits per heavy atom. The number of nitrogens with two attached hydrogens (primary N) is 1. The van der Waals surface area contributed by atoms with Gasteiger partial charge in [-0.25, -0.2) is 4.98 Å². The van der Waals surface area contributed by atoms with Crippen molar-refractivity contribution >= 4 is 28.1 Å². The molecule has 0 saturated carbocycles. The van der Waals surface area contributed by atoms with Crippen LogP contribution in [0.15, 0.2) is 55.6 Å². The van der Waals surface area contributed by atoms with Gasteiger partial charge in [0.2, 0.25) is 0 Å². The smallest absolute Gasteiger partial charge is 0.141 e. The lowest BCUT2D eigenvalue weighted by Gasteiger charge is -2.34. The molecule has 4 heterocycles. The Balaban J connectivity index is 1.42. The first-order valence-corrected chi connectivity index (χ1v) is 12.1. The number of piperidine rings is 1. The van der Waals surface area contributed by atoms with Crippen molar-refractivity contribution in [1.29, 1.82) is 0 Å². The van der Waals surface area contributed by atoms with Crippen LogP contribution in [-0.4, -0.2) is 38.9 Å². The molecule has 1 fully saturated rings. The minimum absolute atomic E-state index is 0.200. The third-order valence-corrected chi connectivity index (χ3v) is 6.77. The monoisotopic (exact) mass is 455 g/mol. The Labute approximate surface area is 200 Å². The topological polar surface area (TPSA) is 87.8 Å². The molecule has 4 N–H and O–H groups in total. The molecule has 1 aliphatic rings. The molecular weight excluding hydrogens is 422 g/mol. The number of anilines is 2. The zero-order valence-corrected chi connectivity index (χ0v) is 20.0. The average Bonchev–Trinajstić information content (AvgIpc) is 3.47. The number of fused-ring (bicyclic) bond motifs is 1. The number of hydrogen-bond donors (Lipinski definition) is 3. The number of aryl methyl sites for hydroxylation is 2. The summed E-state index contributed by atoms with van der Waals surface area (Å²) in [5, 5.41) is 9.20. The molecule has 1 aliphatic heterocycles. The maximum absolute atomic E-state index is 6.33. The minimum Gasteiger partial charge on any atom is -0.369 e. The zero-order valence-electron chi connectivity index (χ0n) is 20.0. The molecule has 1 saturated heterocycles. The lowest BCUT2D eigenvalue weighted by atomic mass is 10.0. The molecule has 7 heteroatoms. The lowest BCUT2D eigenvalue weighted by molar-refractivity contribution is 0.506. The average molecular weight is 456 g/mol. The number of nitrogens with zero attached hydrogens (tertiary/aromatic N) is 4. The van der Waals surface area contributed by atoms with Gasteiger partial charge in [0.1, 0.15) is 5.65 Å². The van der Waals surface area contributed by atoms with E-state index in [0.29, 0.717) is 0 Å².